The molecule has 1 atom stereocenters. The number of piperidine rings is 1. The molecule has 0 bridgehead atoms. The molecule has 2 aliphatic rings. The Bertz CT molecular complexity index is 642. The summed E-state index contributed by atoms with van der Waals surface area (Å²) in [5, 5.41) is 8.39. The Morgan fingerprint density at radius 3 is 2.88 bits per heavy atom. The summed E-state index contributed by atoms with van der Waals surface area (Å²) in [5.74, 6) is 3.03. The van der Waals surface area contributed by atoms with E-state index in [4.69, 9.17) is 4.74 Å². The molecular weight excluding hydrogens is 344 g/mol. The van der Waals surface area contributed by atoms with E-state index in [2.05, 4.69) is 52.7 Å². The molecule has 0 N–H and O–H groups in total. The summed E-state index contributed by atoms with van der Waals surface area (Å²) in [7, 11) is 2.17. The molecule has 1 saturated heterocycles. The van der Waals surface area contributed by atoms with Crippen molar-refractivity contribution in [2.75, 3.05) is 45.3 Å². The van der Waals surface area contributed by atoms with Crippen LogP contribution in [0, 0.1) is 0 Å². The maximum absolute atomic E-state index is 6.02. The third kappa shape index (κ3) is 5.32. The van der Waals surface area contributed by atoms with Gasteiger partial charge in [0.1, 0.15) is 5.75 Å². The van der Waals surface area contributed by atoms with Gasteiger partial charge in [-0.25, -0.2) is 4.48 Å². The fraction of sp³-hybridized carbons (Fsp3) is 0.600. The molecule has 0 radical (unpaired) electrons. The number of benzene rings is 1. The monoisotopic (exact) mass is 375 g/mol. The fourth-order valence-corrected chi connectivity index (χ4v) is 4.17. The maximum Gasteiger partial charge on any atom is 0.238 e. The molecule has 0 aliphatic carbocycles. The van der Waals surface area contributed by atoms with Gasteiger partial charge in [-0.15, -0.1) is 0 Å². The van der Waals surface area contributed by atoms with Crippen LogP contribution >= 0.6 is 11.8 Å². The van der Waals surface area contributed by atoms with Crippen molar-refractivity contribution < 1.29 is 9.22 Å². The lowest BCUT2D eigenvalue weighted by atomic mass is 10.1. The van der Waals surface area contributed by atoms with E-state index in [-0.39, 0.29) is 0 Å². The number of likely N-dealkylation sites (tertiary alicyclic amines) is 1. The number of nitrogens with zero attached hydrogens (tertiary/aromatic N) is 4. The normalized spacial score (nSPS) is 23.2. The van der Waals surface area contributed by atoms with E-state index in [0.717, 1.165) is 43.5 Å². The zero-order valence-electron chi connectivity index (χ0n) is 16.1. The highest BCUT2D eigenvalue weighted by molar-refractivity contribution is 7.99. The molecule has 5 nitrogen and oxygen atoms in total. The molecule has 2 heterocycles. The van der Waals surface area contributed by atoms with Gasteiger partial charge in [0, 0.05) is 13.0 Å². The third-order valence-electron chi connectivity index (χ3n) is 5.13. The second-order valence-electron chi connectivity index (χ2n) is 7.36. The van der Waals surface area contributed by atoms with Gasteiger partial charge in [0.2, 0.25) is 12.2 Å². The number of amidine groups is 1. The molecule has 0 spiro atoms. The summed E-state index contributed by atoms with van der Waals surface area (Å²) in [5.41, 5.74) is 1.35. The summed E-state index contributed by atoms with van der Waals surface area (Å²) >= 11 is 1.79. The Balaban J connectivity index is 1.44. The molecule has 0 amide bonds. The van der Waals surface area contributed by atoms with Gasteiger partial charge in [-0.05, 0) is 49.9 Å². The van der Waals surface area contributed by atoms with Gasteiger partial charge in [0.05, 0.1) is 26.0 Å². The van der Waals surface area contributed by atoms with E-state index in [9.17, 15) is 0 Å². The molecule has 2 aliphatic heterocycles. The highest BCUT2D eigenvalue weighted by Crippen LogP contribution is 2.18. The van der Waals surface area contributed by atoms with Crippen LogP contribution in [0.25, 0.3) is 0 Å². The van der Waals surface area contributed by atoms with Crippen molar-refractivity contribution in [1.82, 2.24) is 4.90 Å². The van der Waals surface area contributed by atoms with Gasteiger partial charge < -0.3 is 4.74 Å². The molecule has 26 heavy (non-hydrogen) atoms. The molecular formula is C20H31N4OS+. The first-order valence-electron chi connectivity index (χ1n) is 9.59. The number of hydrogen-bond donors (Lipinski definition) is 0. The number of ether oxygens (including phenoxy) is 1. The largest absolute Gasteiger partial charge is 0.493 e. The van der Waals surface area contributed by atoms with Crippen LogP contribution in [-0.2, 0) is 6.54 Å². The standard InChI is InChI=1S/C20H31N4OS/c1-24(17-21-22-20(24)16-26-2)12-7-13-25-19-9-6-8-18(14-19)15-23-10-4-3-5-11-23/h6,8-9,14,17H,3-5,7,10-13,15-16H2,1-2H3/q+1. The van der Waals surface area contributed by atoms with E-state index in [1.807, 2.05) is 6.34 Å². The van der Waals surface area contributed by atoms with Crippen molar-refractivity contribution in [1.29, 1.82) is 0 Å². The number of quaternary nitrogens is 1. The minimum absolute atomic E-state index is 0.708. The van der Waals surface area contributed by atoms with Crippen molar-refractivity contribution in [3.63, 3.8) is 0 Å². The summed E-state index contributed by atoms with van der Waals surface area (Å²) in [6.45, 7) is 5.18. The molecule has 3 rings (SSSR count). The number of rotatable bonds is 9. The highest BCUT2D eigenvalue weighted by atomic mass is 32.2. The Hall–Kier alpha value is -1.37. The smallest absolute Gasteiger partial charge is 0.238 e. The third-order valence-corrected chi connectivity index (χ3v) is 5.68. The molecule has 0 aromatic heterocycles. The van der Waals surface area contributed by atoms with Crippen molar-refractivity contribution in [2.45, 2.75) is 32.2 Å². The molecule has 1 aromatic carbocycles. The summed E-state index contributed by atoms with van der Waals surface area (Å²) in [6.07, 6.45) is 9.06. The Labute approximate surface area is 161 Å². The van der Waals surface area contributed by atoms with Gasteiger partial charge in [0.25, 0.3) is 0 Å². The van der Waals surface area contributed by atoms with Crippen molar-refractivity contribution in [2.24, 2.45) is 10.2 Å². The first-order valence-corrected chi connectivity index (χ1v) is 11.0. The molecule has 6 heteroatoms. The van der Waals surface area contributed by atoms with Crippen LogP contribution in [0.1, 0.15) is 31.2 Å². The minimum Gasteiger partial charge on any atom is -0.493 e. The molecule has 0 saturated carbocycles. The molecule has 1 unspecified atom stereocenters. The predicted molar refractivity (Wildman–Crippen MR) is 111 cm³/mol. The minimum atomic E-state index is 0.708. The maximum atomic E-state index is 6.02. The molecule has 1 aromatic rings. The second-order valence-corrected chi connectivity index (χ2v) is 8.22. The zero-order valence-corrected chi connectivity index (χ0v) is 16.9. The quantitative estimate of drug-likeness (QED) is 0.489. The van der Waals surface area contributed by atoms with Gasteiger partial charge >= 0.3 is 0 Å². The predicted octanol–water partition coefficient (Wildman–Crippen LogP) is 3.61. The highest BCUT2D eigenvalue weighted by Gasteiger charge is 2.31. The topological polar surface area (TPSA) is 37.2 Å². The van der Waals surface area contributed by atoms with E-state index in [1.54, 1.807) is 11.8 Å². The Kier molecular flexibility index (Phi) is 7.11. The van der Waals surface area contributed by atoms with Crippen LogP contribution in [0.3, 0.4) is 0 Å². The average molecular weight is 376 g/mol. The van der Waals surface area contributed by atoms with Gasteiger partial charge in [0.15, 0.2) is 0 Å². The SMILES string of the molecule is CSCC1=NN=C[N+]1(C)CCCOc1cccc(CN2CCCCC2)c1. The van der Waals surface area contributed by atoms with E-state index in [0.29, 0.717) is 4.48 Å². The van der Waals surface area contributed by atoms with Crippen LogP contribution in [0.4, 0.5) is 0 Å². The van der Waals surface area contributed by atoms with E-state index in [1.165, 1.54) is 37.9 Å². The first kappa shape index (κ1) is 19.4. The fourth-order valence-electron chi connectivity index (χ4n) is 3.56. The Morgan fingerprint density at radius 1 is 1.23 bits per heavy atom. The molecule has 1 fully saturated rings. The Morgan fingerprint density at radius 2 is 2.08 bits per heavy atom. The lowest BCUT2D eigenvalue weighted by molar-refractivity contribution is -0.715. The van der Waals surface area contributed by atoms with E-state index >= 15 is 0 Å². The summed E-state index contributed by atoms with van der Waals surface area (Å²) in [6, 6.07) is 8.58. The first-order chi connectivity index (χ1) is 12.7. The number of thioether (sulfide) groups is 1. The lowest BCUT2D eigenvalue weighted by Crippen LogP contribution is -2.48. The van der Waals surface area contributed by atoms with Crippen LogP contribution in [0.15, 0.2) is 34.5 Å². The van der Waals surface area contributed by atoms with Gasteiger partial charge in [-0.2, -0.15) is 11.8 Å². The van der Waals surface area contributed by atoms with Crippen molar-refractivity contribution in [3.05, 3.63) is 29.8 Å². The van der Waals surface area contributed by atoms with Gasteiger partial charge in [-0.1, -0.05) is 28.8 Å². The summed E-state index contributed by atoms with van der Waals surface area (Å²) in [4.78, 5) is 2.55. The average Bonchev–Trinajstić information content (AvgIpc) is 3.01. The zero-order chi connectivity index (χ0) is 18.2. The number of hydrogen-bond acceptors (Lipinski definition) is 5. The second kappa shape index (κ2) is 9.53. The van der Waals surface area contributed by atoms with Crippen molar-refractivity contribution >= 4 is 23.9 Å². The molecule has 142 valence electrons. The van der Waals surface area contributed by atoms with Crippen molar-refractivity contribution in [3.8, 4) is 5.75 Å². The summed E-state index contributed by atoms with van der Waals surface area (Å²) < 4.78 is 6.73. The van der Waals surface area contributed by atoms with Gasteiger partial charge in [-0.3, -0.25) is 4.90 Å². The van der Waals surface area contributed by atoms with Crippen LogP contribution < -0.4 is 4.74 Å². The van der Waals surface area contributed by atoms with Crippen LogP contribution in [0.2, 0.25) is 0 Å². The van der Waals surface area contributed by atoms with Crippen LogP contribution in [-0.4, -0.2) is 66.9 Å². The lowest BCUT2D eigenvalue weighted by Gasteiger charge is -2.26. The van der Waals surface area contributed by atoms with E-state index < -0.39 is 0 Å². The van der Waals surface area contributed by atoms with Crippen LogP contribution in [0.5, 0.6) is 5.75 Å².